The standard InChI is InChI=1S/C30H45N3/c1-24(2)16-21-33(30-17-19-32(20-18-30)23-28(31)22-25(3)4)29-14-12-27(13-15-29)11-10-26-8-6-5-7-9-26/h5-9,12-16,25,28,30H,10-11,17-23,31H2,1-4H3/t28-/m1/s1. The smallest absolute Gasteiger partial charge is 0.0371 e. The summed E-state index contributed by atoms with van der Waals surface area (Å²) in [5, 5.41) is 0. The number of benzene rings is 2. The molecule has 180 valence electrons. The summed E-state index contributed by atoms with van der Waals surface area (Å²) in [6, 6.07) is 21.0. The highest BCUT2D eigenvalue weighted by molar-refractivity contribution is 5.49. The minimum absolute atomic E-state index is 0.298. The molecule has 33 heavy (non-hydrogen) atoms. The zero-order valence-electron chi connectivity index (χ0n) is 21.3. The molecule has 0 unspecified atom stereocenters. The van der Waals surface area contributed by atoms with E-state index in [4.69, 9.17) is 5.73 Å². The lowest BCUT2D eigenvalue weighted by Gasteiger charge is -2.40. The second kappa shape index (κ2) is 13.0. The highest BCUT2D eigenvalue weighted by Gasteiger charge is 2.25. The number of aryl methyl sites for hydroxylation is 2. The Kier molecular flexibility index (Phi) is 10.0. The van der Waals surface area contributed by atoms with Gasteiger partial charge in [-0.3, -0.25) is 0 Å². The molecule has 0 bridgehead atoms. The van der Waals surface area contributed by atoms with Crippen LogP contribution in [0.5, 0.6) is 0 Å². The number of hydrogen-bond donors (Lipinski definition) is 1. The van der Waals surface area contributed by atoms with Crippen molar-refractivity contribution in [1.82, 2.24) is 4.90 Å². The minimum atomic E-state index is 0.298. The predicted molar refractivity (Wildman–Crippen MR) is 144 cm³/mol. The van der Waals surface area contributed by atoms with Crippen LogP contribution in [0.3, 0.4) is 0 Å². The number of piperidine rings is 1. The maximum absolute atomic E-state index is 6.39. The van der Waals surface area contributed by atoms with E-state index >= 15 is 0 Å². The van der Waals surface area contributed by atoms with Crippen LogP contribution in [0.25, 0.3) is 0 Å². The minimum Gasteiger partial charge on any atom is -0.365 e. The molecule has 1 atom stereocenters. The van der Waals surface area contributed by atoms with E-state index in [0.29, 0.717) is 18.0 Å². The molecule has 0 aliphatic carbocycles. The molecule has 2 N–H and O–H groups in total. The maximum atomic E-state index is 6.39. The Morgan fingerprint density at radius 1 is 0.970 bits per heavy atom. The van der Waals surface area contributed by atoms with E-state index in [1.807, 2.05) is 0 Å². The molecular formula is C30H45N3. The molecule has 0 radical (unpaired) electrons. The lowest BCUT2D eigenvalue weighted by molar-refractivity contribution is 0.193. The van der Waals surface area contributed by atoms with Gasteiger partial charge in [-0.25, -0.2) is 0 Å². The molecular weight excluding hydrogens is 402 g/mol. The lowest BCUT2D eigenvalue weighted by Crippen LogP contribution is -2.48. The van der Waals surface area contributed by atoms with Gasteiger partial charge in [-0.2, -0.15) is 0 Å². The van der Waals surface area contributed by atoms with E-state index in [-0.39, 0.29) is 0 Å². The van der Waals surface area contributed by atoms with Crippen molar-refractivity contribution < 1.29 is 0 Å². The van der Waals surface area contributed by atoms with Crippen molar-refractivity contribution in [2.45, 2.75) is 71.9 Å². The quantitative estimate of drug-likeness (QED) is 0.424. The predicted octanol–water partition coefficient (Wildman–Crippen LogP) is 6.08. The molecule has 1 aliphatic rings. The second-order valence-electron chi connectivity index (χ2n) is 10.5. The van der Waals surface area contributed by atoms with Crippen LogP contribution < -0.4 is 10.6 Å². The van der Waals surface area contributed by atoms with Gasteiger partial charge in [0.25, 0.3) is 0 Å². The first-order valence-corrected chi connectivity index (χ1v) is 12.9. The number of nitrogens with zero attached hydrogens (tertiary/aromatic N) is 2. The van der Waals surface area contributed by atoms with Gasteiger partial charge in [0.2, 0.25) is 0 Å². The van der Waals surface area contributed by atoms with Crippen molar-refractivity contribution in [3.05, 3.63) is 77.4 Å². The monoisotopic (exact) mass is 447 g/mol. The van der Waals surface area contributed by atoms with Crippen molar-refractivity contribution in [2.24, 2.45) is 11.7 Å². The summed E-state index contributed by atoms with van der Waals surface area (Å²) in [4.78, 5) is 5.20. The largest absolute Gasteiger partial charge is 0.365 e. The average molecular weight is 448 g/mol. The van der Waals surface area contributed by atoms with Crippen molar-refractivity contribution in [2.75, 3.05) is 31.1 Å². The number of rotatable bonds is 11. The van der Waals surface area contributed by atoms with Gasteiger partial charge in [0.15, 0.2) is 0 Å². The summed E-state index contributed by atoms with van der Waals surface area (Å²) in [5.74, 6) is 0.674. The van der Waals surface area contributed by atoms with Gasteiger partial charge >= 0.3 is 0 Å². The van der Waals surface area contributed by atoms with Crippen LogP contribution in [0.15, 0.2) is 66.2 Å². The van der Waals surface area contributed by atoms with Gasteiger partial charge in [0, 0.05) is 44.0 Å². The molecule has 1 fully saturated rings. The molecule has 1 aliphatic heterocycles. The highest BCUT2D eigenvalue weighted by Crippen LogP contribution is 2.25. The first-order valence-electron chi connectivity index (χ1n) is 12.9. The normalized spacial score (nSPS) is 16.1. The Morgan fingerprint density at radius 2 is 1.58 bits per heavy atom. The van der Waals surface area contributed by atoms with E-state index in [2.05, 4.69) is 98.2 Å². The Hall–Kier alpha value is -2.10. The molecule has 3 nitrogen and oxygen atoms in total. The van der Waals surface area contributed by atoms with Gasteiger partial charge in [-0.05, 0) is 75.1 Å². The maximum Gasteiger partial charge on any atom is 0.0371 e. The van der Waals surface area contributed by atoms with Crippen molar-refractivity contribution in [1.29, 1.82) is 0 Å². The van der Waals surface area contributed by atoms with Gasteiger partial charge < -0.3 is 15.5 Å². The van der Waals surface area contributed by atoms with Crippen LogP contribution in [0.4, 0.5) is 5.69 Å². The van der Waals surface area contributed by atoms with Crippen LogP contribution in [-0.2, 0) is 12.8 Å². The van der Waals surface area contributed by atoms with Crippen molar-refractivity contribution in [3.8, 4) is 0 Å². The Bertz CT molecular complexity index is 829. The molecule has 2 aromatic carbocycles. The number of anilines is 1. The van der Waals surface area contributed by atoms with Crippen molar-refractivity contribution in [3.63, 3.8) is 0 Å². The Labute approximate surface area is 202 Å². The zero-order valence-corrected chi connectivity index (χ0v) is 21.3. The second-order valence-corrected chi connectivity index (χ2v) is 10.5. The van der Waals surface area contributed by atoms with Crippen LogP contribution in [0, 0.1) is 5.92 Å². The summed E-state index contributed by atoms with van der Waals surface area (Å²) in [6.07, 6.45) is 8.09. The van der Waals surface area contributed by atoms with Crippen LogP contribution >= 0.6 is 0 Å². The molecule has 3 heteroatoms. The van der Waals surface area contributed by atoms with E-state index < -0.39 is 0 Å². The molecule has 0 aromatic heterocycles. The molecule has 3 rings (SSSR count). The van der Waals surface area contributed by atoms with Gasteiger partial charge in [0.1, 0.15) is 0 Å². The van der Waals surface area contributed by atoms with E-state index in [9.17, 15) is 0 Å². The SMILES string of the molecule is CC(C)=CCN(c1ccc(CCc2ccccc2)cc1)C1CCN(C[C@H](N)CC(C)C)CC1. The molecule has 0 saturated carbocycles. The number of nitrogens with two attached hydrogens (primary N) is 1. The zero-order chi connectivity index (χ0) is 23.6. The summed E-state index contributed by atoms with van der Waals surface area (Å²) >= 11 is 0. The van der Waals surface area contributed by atoms with Gasteiger partial charge in [-0.1, -0.05) is 68.0 Å². The Balaban J connectivity index is 1.59. The average Bonchev–Trinajstić information content (AvgIpc) is 2.79. The van der Waals surface area contributed by atoms with Gasteiger partial charge in [-0.15, -0.1) is 0 Å². The van der Waals surface area contributed by atoms with Crippen LogP contribution in [0.2, 0.25) is 0 Å². The first-order chi connectivity index (χ1) is 15.9. The number of likely N-dealkylation sites (tertiary alicyclic amines) is 1. The summed E-state index contributed by atoms with van der Waals surface area (Å²) in [6.45, 7) is 13.2. The topological polar surface area (TPSA) is 32.5 Å². The van der Waals surface area contributed by atoms with E-state index in [0.717, 1.165) is 45.4 Å². The van der Waals surface area contributed by atoms with Gasteiger partial charge in [0.05, 0.1) is 0 Å². The summed E-state index contributed by atoms with van der Waals surface area (Å²) < 4.78 is 0. The molecule has 0 amide bonds. The van der Waals surface area contributed by atoms with Crippen LogP contribution in [0.1, 0.15) is 58.1 Å². The highest BCUT2D eigenvalue weighted by atomic mass is 15.2. The molecule has 1 saturated heterocycles. The lowest BCUT2D eigenvalue weighted by atomic mass is 9.99. The van der Waals surface area contributed by atoms with Crippen LogP contribution in [-0.4, -0.2) is 43.2 Å². The third-order valence-corrected chi connectivity index (χ3v) is 6.77. The summed E-state index contributed by atoms with van der Waals surface area (Å²) in [5.41, 5.74) is 12.0. The fraction of sp³-hybridized carbons (Fsp3) is 0.533. The number of hydrogen-bond acceptors (Lipinski definition) is 3. The van der Waals surface area contributed by atoms with E-state index in [1.54, 1.807) is 0 Å². The molecule has 0 spiro atoms. The summed E-state index contributed by atoms with van der Waals surface area (Å²) in [7, 11) is 0. The fourth-order valence-electron chi connectivity index (χ4n) is 4.96. The molecule has 2 aromatic rings. The third-order valence-electron chi connectivity index (χ3n) is 6.77. The third kappa shape index (κ3) is 8.64. The fourth-order valence-corrected chi connectivity index (χ4v) is 4.96. The number of allylic oxidation sites excluding steroid dienone is 1. The first kappa shape index (κ1) is 25.5. The molecule has 1 heterocycles. The Morgan fingerprint density at radius 3 is 2.15 bits per heavy atom. The van der Waals surface area contributed by atoms with Crippen molar-refractivity contribution >= 4 is 5.69 Å². The van der Waals surface area contributed by atoms with E-state index in [1.165, 1.54) is 35.2 Å².